The SMILES string of the molecule is CCc1ccc(C(C)CNC)cc1Cl. The van der Waals surface area contributed by atoms with E-state index in [9.17, 15) is 0 Å². The van der Waals surface area contributed by atoms with Gasteiger partial charge in [-0.2, -0.15) is 0 Å². The molecule has 0 saturated heterocycles. The Morgan fingerprint density at radius 1 is 1.43 bits per heavy atom. The molecule has 1 rings (SSSR count). The van der Waals surface area contributed by atoms with Crippen LogP contribution >= 0.6 is 11.6 Å². The zero-order valence-corrected chi connectivity index (χ0v) is 9.86. The second-order valence-corrected chi connectivity index (χ2v) is 4.07. The molecule has 1 unspecified atom stereocenters. The maximum absolute atomic E-state index is 6.15. The smallest absolute Gasteiger partial charge is 0.0440 e. The normalized spacial score (nSPS) is 12.9. The zero-order valence-electron chi connectivity index (χ0n) is 9.10. The monoisotopic (exact) mass is 211 g/mol. The first kappa shape index (κ1) is 11.5. The lowest BCUT2D eigenvalue weighted by atomic mass is 9.99. The lowest BCUT2D eigenvalue weighted by molar-refractivity contribution is 0.677. The van der Waals surface area contributed by atoms with E-state index >= 15 is 0 Å². The van der Waals surface area contributed by atoms with Crippen molar-refractivity contribution in [2.75, 3.05) is 13.6 Å². The summed E-state index contributed by atoms with van der Waals surface area (Å²) in [5.41, 5.74) is 2.54. The average molecular weight is 212 g/mol. The van der Waals surface area contributed by atoms with Gasteiger partial charge in [-0.1, -0.05) is 37.6 Å². The fourth-order valence-corrected chi connectivity index (χ4v) is 1.90. The van der Waals surface area contributed by atoms with Crippen molar-refractivity contribution < 1.29 is 0 Å². The molecule has 0 aliphatic rings. The van der Waals surface area contributed by atoms with Gasteiger partial charge in [0, 0.05) is 11.6 Å². The molecule has 0 aliphatic heterocycles. The minimum absolute atomic E-state index is 0.517. The van der Waals surface area contributed by atoms with E-state index in [1.807, 2.05) is 7.05 Å². The van der Waals surface area contributed by atoms with E-state index in [-0.39, 0.29) is 0 Å². The molecular weight excluding hydrogens is 194 g/mol. The number of hydrogen-bond acceptors (Lipinski definition) is 1. The van der Waals surface area contributed by atoms with Crippen LogP contribution in [0.3, 0.4) is 0 Å². The van der Waals surface area contributed by atoms with Crippen molar-refractivity contribution in [2.45, 2.75) is 26.2 Å². The first-order chi connectivity index (χ1) is 6.69. The summed E-state index contributed by atoms with van der Waals surface area (Å²) in [7, 11) is 1.97. The van der Waals surface area contributed by atoms with Crippen LogP contribution in [-0.2, 0) is 6.42 Å². The largest absolute Gasteiger partial charge is 0.319 e. The van der Waals surface area contributed by atoms with E-state index in [1.165, 1.54) is 11.1 Å². The summed E-state index contributed by atoms with van der Waals surface area (Å²) >= 11 is 6.15. The molecule has 0 fully saturated rings. The predicted octanol–water partition coefficient (Wildman–Crippen LogP) is 3.23. The summed E-state index contributed by atoms with van der Waals surface area (Å²) in [4.78, 5) is 0. The van der Waals surface area contributed by atoms with Crippen molar-refractivity contribution in [1.29, 1.82) is 0 Å². The van der Waals surface area contributed by atoms with Crippen LogP contribution < -0.4 is 5.32 Å². The van der Waals surface area contributed by atoms with Crippen LogP contribution in [0.2, 0.25) is 5.02 Å². The highest BCUT2D eigenvalue weighted by atomic mass is 35.5. The van der Waals surface area contributed by atoms with E-state index in [2.05, 4.69) is 37.4 Å². The third-order valence-electron chi connectivity index (χ3n) is 2.54. The number of likely N-dealkylation sites (N-methyl/N-ethyl adjacent to an activating group) is 1. The van der Waals surface area contributed by atoms with Gasteiger partial charge in [0.25, 0.3) is 0 Å². The molecule has 0 aromatic heterocycles. The van der Waals surface area contributed by atoms with Gasteiger partial charge in [0.1, 0.15) is 0 Å². The molecule has 1 aromatic carbocycles. The summed E-state index contributed by atoms with van der Waals surface area (Å²) in [6.07, 6.45) is 1.000. The van der Waals surface area contributed by atoms with E-state index in [0.717, 1.165) is 18.0 Å². The van der Waals surface area contributed by atoms with Gasteiger partial charge in [-0.05, 0) is 36.6 Å². The van der Waals surface area contributed by atoms with Gasteiger partial charge >= 0.3 is 0 Å². The summed E-state index contributed by atoms with van der Waals surface area (Å²) < 4.78 is 0. The van der Waals surface area contributed by atoms with E-state index in [0.29, 0.717) is 5.92 Å². The third kappa shape index (κ3) is 2.73. The highest BCUT2D eigenvalue weighted by Gasteiger charge is 2.06. The molecule has 1 nitrogen and oxygen atoms in total. The van der Waals surface area contributed by atoms with Crippen LogP contribution in [0, 0.1) is 0 Å². The maximum atomic E-state index is 6.15. The van der Waals surface area contributed by atoms with Crippen molar-refractivity contribution in [3.8, 4) is 0 Å². The van der Waals surface area contributed by atoms with Gasteiger partial charge in [0.15, 0.2) is 0 Å². The van der Waals surface area contributed by atoms with Crippen molar-refractivity contribution in [3.63, 3.8) is 0 Å². The molecule has 2 heteroatoms. The second-order valence-electron chi connectivity index (χ2n) is 3.66. The van der Waals surface area contributed by atoms with Gasteiger partial charge in [0.05, 0.1) is 0 Å². The van der Waals surface area contributed by atoms with Gasteiger partial charge in [0.2, 0.25) is 0 Å². The number of benzene rings is 1. The van der Waals surface area contributed by atoms with Crippen molar-refractivity contribution >= 4 is 11.6 Å². The Kier molecular flexibility index (Phi) is 4.43. The molecule has 0 saturated carbocycles. The highest BCUT2D eigenvalue weighted by molar-refractivity contribution is 6.31. The molecule has 78 valence electrons. The molecule has 0 aliphatic carbocycles. The number of rotatable bonds is 4. The Morgan fingerprint density at radius 2 is 2.14 bits per heavy atom. The minimum Gasteiger partial charge on any atom is -0.319 e. The minimum atomic E-state index is 0.517. The Bertz CT molecular complexity index is 296. The van der Waals surface area contributed by atoms with Crippen LogP contribution in [0.1, 0.15) is 30.9 Å². The third-order valence-corrected chi connectivity index (χ3v) is 2.89. The molecular formula is C12H18ClN. The summed E-state index contributed by atoms with van der Waals surface area (Å²) in [5.74, 6) is 0.517. The van der Waals surface area contributed by atoms with Crippen molar-refractivity contribution in [2.24, 2.45) is 0 Å². The number of nitrogens with one attached hydrogen (secondary N) is 1. The van der Waals surface area contributed by atoms with Crippen LogP contribution in [0.4, 0.5) is 0 Å². The fourth-order valence-electron chi connectivity index (χ4n) is 1.58. The van der Waals surface area contributed by atoms with Crippen LogP contribution in [0.5, 0.6) is 0 Å². The van der Waals surface area contributed by atoms with Gasteiger partial charge < -0.3 is 5.32 Å². The van der Waals surface area contributed by atoms with E-state index < -0.39 is 0 Å². The topological polar surface area (TPSA) is 12.0 Å². The summed E-state index contributed by atoms with van der Waals surface area (Å²) in [6, 6.07) is 6.39. The number of aryl methyl sites for hydroxylation is 1. The first-order valence-electron chi connectivity index (χ1n) is 5.12. The Hall–Kier alpha value is -0.530. The average Bonchev–Trinajstić information content (AvgIpc) is 2.18. The van der Waals surface area contributed by atoms with Gasteiger partial charge in [-0.15, -0.1) is 0 Å². The standard InChI is InChI=1S/C12H18ClN/c1-4-10-5-6-11(7-12(10)13)9(2)8-14-3/h5-7,9,14H,4,8H2,1-3H3. The lowest BCUT2D eigenvalue weighted by Crippen LogP contribution is -2.14. The fraction of sp³-hybridized carbons (Fsp3) is 0.500. The Balaban J connectivity index is 2.85. The van der Waals surface area contributed by atoms with E-state index in [4.69, 9.17) is 11.6 Å². The zero-order chi connectivity index (χ0) is 10.6. The van der Waals surface area contributed by atoms with Crippen LogP contribution in [0.15, 0.2) is 18.2 Å². The maximum Gasteiger partial charge on any atom is 0.0440 e. The molecule has 0 amide bonds. The Labute approximate surface area is 91.5 Å². The molecule has 14 heavy (non-hydrogen) atoms. The number of hydrogen-bond donors (Lipinski definition) is 1. The van der Waals surface area contributed by atoms with Crippen molar-refractivity contribution in [3.05, 3.63) is 34.3 Å². The number of halogens is 1. The molecule has 0 heterocycles. The van der Waals surface area contributed by atoms with Crippen LogP contribution in [0.25, 0.3) is 0 Å². The first-order valence-corrected chi connectivity index (χ1v) is 5.49. The van der Waals surface area contributed by atoms with Gasteiger partial charge in [-0.25, -0.2) is 0 Å². The molecule has 0 spiro atoms. The van der Waals surface area contributed by atoms with Crippen molar-refractivity contribution in [1.82, 2.24) is 5.32 Å². The highest BCUT2D eigenvalue weighted by Crippen LogP contribution is 2.23. The lowest BCUT2D eigenvalue weighted by Gasteiger charge is -2.12. The Morgan fingerprint density at radius 3 is 2.64 bits per heavy atom. The molecule has 0 radical (unpaired) electrons. The van der Waals surface area contributed by atoms with Crippen LogP contribution in [-0.4, -0.2) is 13.6 Å². The van der Waals surface area contributed by atoms with E-state index in [1.54, 1.807) is 0 Å². The summed E-state index contributed by atoms with van der Waals surface area (Å²) in [5, 5.41) is 4.07. The quantitative estimate of drug-likeness (QED) is 0.807. The predicted molar refractivity (Wildman–Crippen MR) is 63.2 cm³/mol. The molecule has 1 aromatic rings. The van der Waals surface area contributed by atoms with Gasteiger partial charge in [-0.3, -0.25) is 0 Å². The molecule has 1 atom stereocenters. The summed E-state index contributed by atoms with van der Waals surface area (Å²) in [6.45, 7) is 5.31. The molecule has 0 bridgehead atoms. The molecule has 1 N–H and O–H groups in total. The second kappa shape index (κ2) is 5.38.